The van der Waals surface area contributed by atoms with Crippen LogP contribution in [0.25, 0.3) is 0 Å². The van der Waals surface area contributed by atoms with Crippen molar-refractivity contribution in [3.63, 3.8) is 0 Å². The molecule has 0 saturated carbocycles. The minimum Gasteiger partial charge on any atom is -0.481 e. The number of aromatic amines is 1. The molecule has 5 nitrogen and oxygen atoms in total. The third kappa shape index (κ3) is 1.70. The fourth-order valence-corrected chi connectivity index (χ4v) is 0.988. The largest absolute Gasteiger partial charge is 0.481 e. The highest BCUT2D eigenvalue weighted by atomic mass is 16.4. The molecule has 72 valence electrons. The van der Waals surface area contributed by atoms with Gasteiger partial charge in [-0.15, -0.1) is 0 Å². The first-order valence-corrected chi connectivity index (χ1v) is 3.91. The molecule has 0 aliphatic rings. The number of aliphatic carboxylic acids is 1. The lowest BCUT2D eigenvalue weighted by Gasteiger charge is -2.24. The number of hydrogen-bond acceptors (Lipinski definition) is 3. The predicted molar refractivity (Wildman–Crippen MR) is 45.0 cm³/mol. The van der Waals surface area contributed by atoms with Crippen LogP contribution in [-0.2, 0) is 10.4 Å². The summed E-state index contributed by atoms with van der Waals surface area (Å²) >= 11 is 0. The van der Waals surface area contributed by atoms with E-state index in [2.05, 4.69) is 9.97 Å². The van der Waals surface area contributed by atoms with Gasteiger partial charge in [0.25, 0.3) is 0 Å². The summed E-state index contributed by atoms with van der Waals surface area (Å²) in [4.78, 5) is 17.2. The summed E-state index contributed by atoms with van der Waals surface area (Å²) in [5.41, 5.74) is -1.46. The van der Waals surface area contributed by atoms with E-state index in [1.54, 1.807) is 6.20 Å². The molecular weight excluding hydrogens is 172 g/mol. The summed E-state index contributed by atoms with van der Waals surface area (Å²) in [7, 11) is 0. The van der Waals surface area contributed by atoms with E-state index in [1.807, 2.05) is 0 Å². The highest BCUT2D eigenvalue weighted by Gasteiger charge is 2.37. The molecule has 1 aromatic rings. The lowest BCUT2D eigenvalue weighted by Crippen LogP contribution is -2.36. The highest BCUT2D eigenvalue weighted by molar-refractivity contribution is 5.71. The highest BCUT2D eigenvalue weighted by Crippen LogP contribution is 2.26. The standard InChI is InChI=1S/C8H12N2O3/c1-5(6(11)12)8(2,13)7-9-3-4-10-7/h3-5,13H,1-2H3,(H,9,10)(H,11,12). The Hall–Kier alpha value is -1.36. The number of carboxylic acid groups (broad SMARTS) is 1. The van der Waals surface area contributed by atoms with Crippen molar-refractivity contribution in [2.24, 2.45) is 5.92 Å². The van der Waals surface area contributed by atoms with Gasteiger partial charge in [0, 0.05) is 12.4 Å². The summed E-state index contributed by atoms with van der Waals surface area (Å²) in [6, 6.07) is 0. The van der Waals surface area contributed by atoms with Gasteiger partial charge in [-0.2, -0.15) is 0 Å². The molecule has 1 aromatic heterocycles. The van der Waals surface area contributed by atoms with Crippen molar-refractivity contribution in [3.8, 4) is 0 Å². The van der Waals surface area contributed by atoms with Crippen LogP contribution >= 0.6 is 0 Å². The van der Waals surface area contributed by atoms with Gasteiger partial charge in [-0.25, -0.2) is 4.98 Å². The number of nitrogens with zero attached hydrogens (tertiary/aromatic N) is 1. The lowest BCUT2D eigenvalue weighted by molar-refractivity contribution is -0.150. The first-order valence-electron chi connectivity index (χ1n) is 3.91. The van der Waals surface area contributed by atoms with Gasteiger partial charge < -0.3 is 15.2 Å². The van der Waals surface area contributed by atoms with Crippen molar-refractivity contribution in [1.82, 2.24) is 9.97 Å². The van der Waals surface area contributed by atoms with E-state index in [4.69, 9.17) is 5.11 Å². The van der Waals surface area contributed by atoms with Crippen LogP contribution in [0, 0.1) is 5.92 Å². The molecule has 0 aliphatic carbocycles. The smallest absolute Gasteiger partial charge is 0.309 e. The summed E-state index contributed by atoms with van der Waals surface area (Å²) in [5.74, 6) is -1.69. The minimum absolute atomic E-state index is 0.266. The normalized spacial score (nSPS) is 17.8. The van der Waals surface area contributed by atoms with Crippen LogP contribution in [0.3, 0.4) is 0 Å². The quantitative estimate of drug-likeness (QED) is 0.632. The first kappa shape index (κ1) is 9.73. The Labute approximate surface area is 75.4 Å². The topological polar surface area (TPSA) is 86.2 Å². The molecule has 0 aromatic carbocycles. The van der Waals surface area contributed by atoms with Gasteiger partial charge in [-0.3, -0.25) is 4.79 Å². The zero-order valence-electron chi connectivity index (χ0n) is 7.48. The number of rotatable bonds is 3. The summed E-state index contributed by atoms with van der Waals surface area (Å²) in [5, 5.41) is 18.6. The third-order valence-corrected chi connectivity index (χ3v) is 2.19. The second-order valence-corrected chi connectivity index (χ2v) is 3.15. The molecular formula is C8H12N2O3. The Morgan fingerprint density at radius 2 is 2.38 bits per heavy atom. The van der Waals surface area contributed by atoms with Crippen LogP contribution in [0.1, 0.15) is 19.7 Å². The van der Waals surface area contributed by atoms with Crippen molar-refractivity contribution >= 4 is 5.97 Å². The molecule has 0 saturated heterocycles. The van der Waals surface area contributed by atoms with Crippen molar-refractivity contribution in [2.45, 2.75) is 19.4 Å². The van der Waals surface area contributed by atoms with Gasteiger partial charge in [0.1, 0.15) is 11.4 Å². The molecule has 2 unspecified atom stereocenters. The summed E-state index contributed by atoms with van der Waals surface area (Å²) in [6.45, 7) is 2.86. The molecule has 5 heteroatoms. The zero-order chi connectivity index (χ0) is 10.1. The van der Waals surface area contributed by atoms with Crippen LogP contribution in [-0.4, -0.2) is 26.2 Å². The SMILES string of the molecule is CC(C(=O)O)C(C)(O)c1ncc[nH]1. The maximum atomic E-state index is 10.6. The number of hydrogen-bond donors (Lipinski definition) is 3. The lowest BCUT2D eigenvalue weighted by atomic mass is 9.90. The van der Waals surface area contributed by atoms with Crippen molar-refractivity contribution in [3.05, 3.63) is 18.2 Å². The van der Waals surface area contributed by atoms with Crippen LogP contribution in [0.5, 0.6) is 0 Å². The molecule has 0 amide bonds. The molecule has 13 heavy (non-hydrogen) atoms. The average Bonchev–Trinajstić information content (AvgIpc) is 2.54. The minimum atomic E-state index is -1.46. The molecule has 0 radical (unpaired) electrons. The molecule has 0 fully saturated rings. The molecule has 0 aliphatic heterocycles. The number of carboxylic acids is 1. The molecule has 1 rings (SSSR count). The molecule has 0 bridgehead atoms. The number of carbonyl (C=O) groups is 1. The number of imidazole rings is 1. The van der Waals surface area contributed by atoms with Crippen LogP contribution < -0.4 is 0 Å². The predicted octanol–water partition coefficient (Wildman–Crippen LogP) is 0.338. The Kier molecular flexibility index (Phi) is 2.38. The van der Waals surface area contributed by atoms with E-state index in [0.717, 1.165) is 0 Å². The van der Waals surface area contributed by atoms with Gasteiger partial charge in [0.15, 0.2) is 0 Å². The molecule has 3 N–H and O–H groups in total. The van der Waals surface area contributed by atoms with Crippen LogP contribution in [0.4, 0.5) is 0 Å². The Bertz CT molecular complexity index is 292. The van der Waals surface area contributed by atoms with E-state index < -0.39 is 17.5 Å². The first-order chi connectivity index (χ1) is 5.96. The van der Waals surface area contributed by atoms with E-state index in [-0.39, 0.29) is 5.82 Å². The number of H-pyrrole nitrogens is 1. The van der Waals surface area contributed by atoms with Gasteiger partial charge in [0.2, 0.25) is 0 Å². The number of aliphatic hydroxyl groups is 1. The average molecular weight is 184 g/mol. The van der Waals surface area contributed by atoms with Crippen molar-refractivity contribution < 1.29 is 15.0 Å². The fourth-order valence-electron chi connectivity index (χ4n) is 0.988. The second-order valence-electron chi connectivity index (χ2n) is 3.15. The van der Waals surface area contributed by atoms with E-state index in [9.17, 15) is 9.90 Å². The Morgan fingerprint density at radius 1 is 1.77 bits per heavy atom. The monoisotopic (exact) mass is 184 g/mol. The van der Waals surface area contributed by atoms with Gasteiger partial charge in [-0.1, -0.05) is 0 Å². The van der Waals surface area contributed by atoms with E-state index in [0.29, 0.717) is 0 Å². The molecule has 1 heterocycles. The van der Waals surface area contributed by atoms with E-state index in [1.165, 1.54) is 20.0 Å². The maximum Gasteiger partial charge on any atom is 0.309 e. The second kappa shape index (κ2) is 3.18. The summed E-state index contributed by atoms with van der Waals surface area (Å²) < 4.78 is 0. The zero-order valence-corrected chi connectivity index (χ0v) is 7.48. The van der Waals surface area contributed by atoms with Crippen LogP contribution in [0.15, 0.2) is 12.4 Å². The number of nitrogens with one attached hydrogen (secondary N) is 1. The van der Waals surface area contributed by atoms with Crippen molar-refractivity contribution in [1.29, 1.82) is 0 Å². The fraction of sp³-hybridized carbons (Fsp3) is 0.500. The molecule has 2 atom stereocenters. The Morgan fingerprint density at radius 3 is 2.77 bits per heavy atom. The van der Waals surface area contributed by atoms with E-state index >= 15 is 0 Å². The third-order valence-electron chi connectivity index (χ3n) is 2.19. The van der Waals surface area contributed by atoms with Gasteiger partial charge in [0.05, 0.1) is 5.92 Å². The van der Waals surface area contributed by atoms with Crippen LogP contribution in [0.2, 0.25) is 0 Å². The summed E-state index contributed by atoms with van der Waals surface area (Å²) in [6.07, 6.45) is 3.01. The van der Waals surface area contributed by atoms with Gasteiger partial charge in [-0.05, 0) is 13.8 Å². The number of aromatic nitrogens is 2. The maximum absolute atomic E-state index is 10.6. The molecule has 0 spiro atoms. The van der Waals surface area contributed by atoms with Crippen molar-refractivity contribution in [2.75, 3.05) is 0 Å². The van der Waals surface area contributed by atoms with Gasteiger partial charge >= 0.3 is 5.97 Å². The Balaban J connectivity index is 2.95.